The topological polar surface area (TPSA) is 61.4 Å². The van der Waals surface area contributed by atoms with Crippen molar-refractivity contribution in [1.82, 2.24) is 15.5 Å². The van der Waals surface area contributed by atoms with Gasteiger partial charge in [0.15, 0.2) is 0 Å². The number of carbonyl (C=O) groups excluding carboxylic acids is 2. The third kappa shape index (κ3) is 4.41. The Kier molecular flexibility index (Phi) is 6.49. The zero-order chi connectivity index (χ0) is 17.6. The first-order valence-electron chi connectivity index (χ1n) is 8.56. The molecule has 0 aliphatic carbocycles. The van der Waals surface area contributed by atoms with Gasteiger partial charge in [-0.2, -0.15) is 0 Å². The third-order valence-corrected chi connectivity index (χ3v) is 5.19. The molecule has 3 amide bonds. The van der Waals surface area contributed by atoms with Crippen molar-refractivity contribution in [3.05, 3.63) is 34.9 Å². The quantitative estimate of drug-likeness (QED) is 0.793. The van der Waals surface area contributed by atoms with Gasteiger partial charge in [-0.05, 0) is 37.0 Å². The predicted molar refractivity (Wildman–Crippen MR) is 96.3 cm³/mol. The lowest BCUT2D eigenvalue weighted by Crippen LogP contribution is -2.51. The molecule has 2 rings (SSSR count). The van der Waals surface area contributed by atoms with Crippen LogP contribution in [0.5, 0.6) is 0 Å². The van der Waals surface area contributed by atoms with Gasteiger partial charge in [0.1, 0.15) is 6.54 Å². The van der Waals surface area contributed by atoms with Crippen molar-refractivity contribution in [2.75, 3.05) is 26.2 Å². The molecule has 1 aliphatic rings. The molecule has 1 aliphatic heterocycles. The molecule has 0 bridgehead atoms. The number of amides is 3. The van der Waals surface area contributed by atoms with E-state index in [2.05, 4.69) is 24.5 Å². The molecule has 0 spiro atoms. The van der Waals surface area contributed by atoms with Crippen molar-refractivity contribution < 1.29 is 9.59 Å². The summed E-state index contributed by atoms with van der Waals surface area (Å²) in [6.07, 6.45) is 2.70. The normalized spacial score (nSPS) is 15.1. The van der Waals surface area contributed by atoms with E-state index >= 15 is 0 Å². The van der Waals surface area contributed by atoms with Crippen LogP contribution in [-0.2, 0) is 10.2 Å². The largest absolute Gasteiger partial charge is 0.354 e. The highest BCUT2D eigenvalue weighted by Crippen LogP contribution is 2.31. The molecule has 0 aromatic heterocycles. The van der Waals surface area contributed by atoms with E-state index in [0.717, 1.165) is 19.3 Å². The molecule has 1 saturated heterocycles. The fourth-order valence-electron chi connectivity index (χ4n) is 3.14. The van der Waals surface area contributed by atoms with Crippen LogP contribution >= 0.6 is 11.6 Å². The first-order valence-corrected chi connectivity index (χ1v) is 8.94. The van der Waals surface area contributed by atoms with Gasteiger partial charge in [-0.1, -0.05) is 37.6 Å². The van der Waals surface area contributed by atoms with Gasteiger partial charge in [-0.15, -0.1) is 0 Å². The van der Waals surface area contributed by atoms with E-state index in [9.17, 15) is 9.59 Å². The van der Waals surface area contributed by atoms with Crippen LogP contribution in [0.4, 0.5) is 4.79 Å². The molecule has 1 aromatic rings. The number of hydrogen-bond donors (Lipinski definition) is 2. The molecule has 0 saturated carbocycles. The molecule has 2 N–H and O–H groups in total. The van der Waals surface area contributed by atoms with Crippen molar-refractivity contribution >= 4 is 23.5 Å². The van der Waals surface area contributed by atoms with E-state index in [4.69, 9.17) is 11.6 Å². The Morgan fingerprint density at radius 2 is 1.96 bits per heavy atom. The molecule has 0 unspecified atom stereocenters. The number of hydrogen-bond acceptors (Lipinski definition) is 2. The number of carbonyl (C=O) groups is 2. The summed E-state index contributed by atoms with van der Waals surface area (Å²) in [5.41, 5.74) is 1.05. The molecule has 1 aromatic carbocycles. The molecule has 6 heteroatoms. The van der Waals surface area contributed by atoms with Crippen molar-refractivity contribution in [2.45, 2.75) is 38.5 Å². The number of rotatable bonds is 7. The van der Waals surface area contributed by atoms with Crippen LogP contribution in [-0.4, -0.2) is 43.0 Å². The maximum Gasteiger partial charge on any atom is 0.317 e. The molecule has 0 atom stereocenters. The van der Waals surface area contributed by atoms with Crippen LogP contribution in [0.25, 0.3) is 0 Å². The predicted octanol–water partition coefficient (Wildman–Crippen LogP) is 2.93. The monoisotopic (exact) mass is 351 g/mol. The molecular weight excluding hydrogens is 326 g/mol. The van der Waals surface area contributed by atoms with Crippen LogP contribution in [0.1, 0.15) is 38.7 Å². The van der Waals surface area contributed by atoms with E-state index in [1.165, 1.54) is 5.56 Å². The summed E-state index contributed by atoms with van der Waals surface area (Å²) in [6, 6.07) is 7.67. The Hall–Kier alpha value is -1.75. The Bertz CT molecular complexity index is 570. The molecule has 1 heterocycles. The van der Waals surface area contributed by atoms with E-state index < -0.39 is 0 Å². The van der Waals surface area contributed by atoms with Crippen LogP contribution in [0.15, 0.2) is 24.3 Å². The lowest BCUT2D eigenvalue weighted by atomic mass is 9.76. The minimum absolute atomic E-state index is 0.107. The van der Waals surface area contributed by atoms with Gasteiger partial charge in [0.05, 0.1) is 0 Å². The first kappa shape index (κ1) is 18.6. The number of benzene rings is 1. The van der Waals surface area contributed by atoms with E-state index in [1.54, 1.807) is 4.90 Å². The fraction of sp³-hybridized carbons (Fsp3) is 0.556. The highest BCUT2D eigenvalue weighted by atomic mass is 35.5. The van der Waals surface area contributed by atoms with Gasteiger partial charge in [-0.25, -0.2) is 4.79 Å². The van der Waals surface area contributed by atoms with Gasteiger partial charge in [0, 0.05) is 30.1 Å². The average molecular weight is 352 g/mol. The summed E-state index contributed by atoms with van der Waals surface area (Å²) in [7, 11) is 0. The number of halogens is 1. The zero-order valence-corrected chi connectivity index (χ0v) is 15.2. The number of nitrogens with one attached hydrogen (secondary N) is 2. The molecule has 5 nitrogen and oxygen atoms in total. The maximum atomic E-state index is 12.3. The minimum atomic E-state index is -0.161. The molecule has 0 radical (unpaired) electrons. The van der Waals surface area contributed by atoms with Crippen molar-refractivity contribution in [3.63, 3.8) is 0 Å². The molecule has 1 fully saturated rings. The molecule has 24 heavy (non-hydrogen) atoms. The summed E-state index contributed by atoms with van der Waals surface area (Å²) in [6.45, 7) is 6.22. The highest BCUT2D eigenvalue weighted by Gasteiger charge is 2.29. The van der Waals surface area contributed by atoms with Crippen molar-refractivity contribution in [1.29, 1.82) is 0 Å². The standard InChI is InChI=1S/C18H26ClN3O2/c1-3-18(4-2,14-6-8-15(19)9-7-14)13-21-16(23)12-22-11-5-10-20-17(22)24/h6-9H,3-5,10-13H2,1-2H3,(H,20,24)(H,21,23). The Morgan fingerprint density at radius 3 is 2.54 bits per heavy atom. The van der Waals surface area contributed by atoms with Gasteiger partial charge in [0.25, 0.3) is 0 Å². The second kappa shape index (κ2) is 8.38. The van der Waals surface area contributed by atoms with E-state index in [1.807, 2.05) is 24.3 Å². The summed E-state index contributed by atoms with van der Waals surface area (Å²) in [5.74, 6) is -0.118. The van der Waals surface area contributed by atoms with Crippen molar-refractivity contribution in [2.24, 2.45) is 0 Å². The van der Waals surface area contributed by atoms with Crippen LogP contribution in [0.3, 0.4) is 0 Å². The van der Waals surface area contributed by atoms with Gasteiger partial charge in [-0.3, -0.25) is 4.79 Å². The number of urea groups is 1. The van der Waals surface area contributed by atoms with Crippen LogP contribution in [0, 0.1) is 0 Å². The summed E-state index contributed by atoms with van der Waals surface area (Å²) < 4.78 is 0. The Morgan fingerprint density at radius 1 is 1.29 bits per heavy atom. The van der Waals surface area contributed by atoms with Gasteiger partial charge < -0.3 is 15.5 Å². The van der Waals surface area contributed by atoms with Crippen molar-refractivity contribution in [3.8, 4) is 0 Å². The second-order valence-electron chi connectivity index (χ2n) is 6.28. The van der Waals surface area contributed by atoms with Gasteiger partial charge >= 0.3 is 6.03 Å². The van der Waals surface area contributed by atoms with Crippen LogP contribution < -0.4 is 10.6 Å². The lowest BCUT2D eigenvalue weighted by molar-refractivity contribution is -0.122. The zero-order valence-electron chi connectivity index (χ0n) is 14.4. The summed E-state index contributed by atoms with van der Waals surface area (Å²) in [4.78, 5) is 25.5. The molecule has 132 valence electrons. The minimum Gasteiger partial charge on any atom is -0.354 e. The second-order valence-corrected chi connectivity index (χ2v) is 6.71. The Balaban J connectivity index is 1.99. The smallest absolute Gasteiger partial charge is 0.317 e. The Labute approximate surface area is 148 Å². The molecular formula is C18H26ClN3O2. The van der Waals surface area contributed by atoms with Gasteiger partial charge in [0.2, 0.25) is 5.91 Å². The fourth-order valence-corrected chi connectivity index (χ4v) is 3.27. The van der Waals surface area contributed by atoms with E-state index in [0.29, 0.717) is 24.7 Å². The lowest BCUT2D eigenvalue weighted by Gasteiger charge is -2.33. The first-order chi connectivity index (χ1) is 11.5. The average Bonchev–Trinajstić information content (AvgIpc) is 2.59. The third-order valence-electron chi connectivity index (χ3n) is 4.94. The highest BCUT2D eigenvalue weighted by molar-refractivity contribution is 6.30. The maximum absolute atomic E-state index is 12.3. The number of nitrogens with zero attached hydrogens (tertiary/aromatic N) is 1. The summed E-state index contributed by atoms with van der Waals surface area (Å²) in [5, 5.41) is 6.48. The SMILES string of the molecule is CCC(CC)(CNC(=O)CN1CCCNC1=O)c1ccc(Cl)cc1. The summed E-state index contributed by atoms with van der Waals surface area (Å²) >= 11 is 5.98. The van der Waals surface area contributed by atoms with E-state index in [-0.39, 0.29) is 23.9 Å². The van der Waals surface area contributed by atoms with Crippen LogP contribution in [0.2, 0.25) is 5.02 Å².